The third-order valence-corrected chi connectivity index (χ3v) is 4.56. The summed E-state index contributed by atoms with van der Waals surface area (Å²) in [5, 5.41) is 1.11. The van der Waals surface area contributed by atoms with Crippen LogP contribution in [-0.2, 0) is 6.42 Å². The van der Waals surface area contributed by atoms with E-state index < -0.39 is 0 Å². The van der Waals surface area contributed by atoms with Crippen molar-refractivity contribution in [1.29, 1.82) is 0 Å². The predicted molar refractivity (Wildman–Crippen MR) is 73.3 cm³/mol. The first kappa shape index (κ1) is 12.7. The predicted octanol–water partition coefficient (Wildman–Crippen LogP) is 3.67. The smallest absolute Gasteiger partial charge is 0.160 e. The standard InChI is InChI=1S/C14H19BrO2/c1-14(8-11(14)9-15)7-10-4-5-12(16-2)13(6-10)17-3/h4-6,11H,7-9H2,1-3H3. The summed E-state index contributed by atoms with van der Waals surface area (Å²) >= 11 is 3.57. The van der Waals surface area contributed by atoms with Crippen molar-refractivity contribution >= 4 is 15.9 Å². The van der Waals surface area contributed by atoms with Gasteiger partial charge in [0.2, 0.25) is 0 Å². The van der Waals surface area contributed by atoms with E-state index in [-0.39, 0.29) is 0 Å². The van der Waals surface area contributed by atoms with Gasteiger partial charge in [0.05, 0.1) is 14.2 Å². The maximum atomic E-state index is 5.33. The fourth-order valence-corrected chi connectivity index (χ4v) is 3.43. The van der Waals surface area contributed by atoms with Gasteiger partial charge in [-0.3, -0.25) is 0 Å². The molecule has 0 amide bonds. The van der Waals surface area contributed by atoms with Crippen LogP contribution >= 0.6 is 15.9 Å². The summed E-state index contributed by atoms with van der Waals surface area (Å²) in [7, 11) is 3.35. The van der Waals surface area contributed by atoms with Crippen molar-refractivity contribution in [2.75, 3.05) is 19.5 Å². The van der Waals surface area contributed by atoms with Gasteiger partial charge in [0.25, 0.3) is 0 Å². The van der Waals surface area contributed by atoms with Crippen LogP contribution in [0.5, 0.6) is 11.5 Å². The molecule has 0 N–H and O–H groups in total. The normalized spacial score (nSPS) is 26.7. The highest BCUT2D eigenvalue weighted by Crippen LogP contribution is 2.55. The Hall–Kier alpha value is -0.700. The van der Waals surface area contributed by atoms with E-state index in [1.807, 2.05) is 6.07 Å². The van der Waals surface area contributed by atoms with E-state index in [1.165, 1.54) is 12.0 Å². The molecule has 3 heteroatoms. The van der Waals surface area contributed by atoms with Crippen LogP contribution < -0.4 is 9.47 Å². The first-order valence-electron chi connectivity index (χ1n) is 5.90. The Kier molecular flexibility index (Phi) is 3.67. The maximum absolute atomic E-state index is 5.33. The summed E-state index contributed by atoms with van der Waals surface area (Å²) < 4.78 is 10.6. The van der Waals surface area contributed by atoms with Crippen molar-refractivity contribution in [3.05, 3.63) is 23.8 Å². The van der Waals surface area contributed by atoms with Gasteiger partial charge >= 0.3 is 0 Å². The SMILES string of the molecule is COc1ccc(CC2(C)CC2CBr)cc1OC. The van der Waals surface area contributed by atoms with Crippen LogP contribution in [0.25, 0.3) is 0 Å². The fourth-order valence-electron chi connectivity index (χ4n) is 2.42. The highest BCUT2D eigenvalue weighted by Gasteiger charge is 2.48. The van der Waals surface area contributed by atoms with Crippen molar-refractivity contribution in [2.24, 2.45) is 11.3 Å². The number of rotatable bonds is 5. The van der Waals surface area contributed by atoms with Gasteiger partial charge in [0, 0.05) is 5.33 Å². The monoisotopic (exact) mass is 298 g/mol. The number of hydrogen-bond acceptors (Lipinski definition) is 2. The zero-order valence-electron chi connectivity index (χ0n) is 10.6. The van der Waals surface area contributed by atoms with Crippen molar-refractivity contribution < 1.29 is 9.47 Å². The minimum atomic E-state index is 0.461. The van der Waals surface area contributed by atoms with E-state index >= 15 is 0 Å². The van der Waals surface area contributed by atoms with Crippen molar-refractivity contribution in [1.82, 2.24) is 0 Å². The van der Waals surface area contributed by atoms with Gasteiger partial charge < -0.3 is 9.47 Å². The average Bonchev–Trinajstić information content (AvgIpc) is 2.99. The molecule has 0 aromatic heterocycles. The highest BCUT2D eigenvalue weighted by molar-refractivity contribution is 9.09. The largest absolute Gasteiger partial charge is 0.493 e. The zero-order chi connectivity index (χ0) is 12.5. The number of alkyl halides is 1. The molecule has 2 atom stereocenters. The average molecular weight is 299 g/mol. The first-order chi connectivity index (χ1) is 8.12. The maximum Gasteiger partial charge on any atom is 0.160 e. The molecule has 1 fully saturated rings. The molecule has 0 radical (unpaired) electrons. The van der Waals surface area contributed by atoms with E-state index in [9.17, 15) is 0 Å². The Morgan fingerprint density at radius 3 is 2.53 bits per heavy atom. The Balaban J connectivity index is 2.12. The van der Waals surface area contributed by atoms with Gasteiger partial charge in [0.1, 0.15) is 0 Å². The molecule has 2 nitrogen and oxygen atoms in total. The van der Waals surface area contributed by atoms with Crippen LogP contribution in [0, 0.1) is 11.3 Å². The van der Waals surface area contributed by atoms with Gasteiger partial charge in [-0.05, 0) is 41.9 Å². The highest BCUT2D eigenvalue weighted by atomic mass is 79.9. The second kappa shape index (κ2) is 4.89. The molecule has 1 aliphatic carbocycles. The number of halogens is 1. The van der Waals surface area contributed by atoms with Gasteiger partial charge in [-0.2, -0.15) is 0 Å². The molecule has 0 bridgehead atoms. The minimum absolute atomic E-state index is 0.461. The van der Waals surface area contributed by atoms with E-state index in [4.69, 9.17) is 9.47 Å². The number of ether oxygens (including phenoxy) is 2. The first-order valence-corrected chi connectivity index (χ1v) is 7.02. The van der Waals surface area contributed by atoms with E-state index in [2.05, 4.69) is 35.0 Å². The lowest BCUT2D eigenvalue weighted by Crippen LogP contribution is -2.04. The van der Waals surface area contributed by atoms with Crippen molar-refractivity contribution in [3.63, 3.8) is 0 Å². The fraction of sp³-hybridized carbons (Fsp3) is 0.571. The molecule has 0 aliphatic heterocycles. The van der Waals surface area contributed by atoms with Gasteiger partial charge in [-0.25, -0.2) is 0 Å². The molecule has 1 saturated carbocycles. The Labute approximate surface area is 111 Å². The Bertz CT molecular complexity index is 405. The summed E-state index contributed by atoms with van der Waals surface area (Å²) in [6.45, 7) is 2.36. The summed E-state index contributed by atoms with van der Waals surface area (Å²) in [6, 6.07) is 6.22. The molecule has 17 heavy (non-hydrogen) atoms. The molecule has 1 aromatic carbocycles. The molecular weight excluding hydrogens is 280 g/mol. The van der Waals surface area contributed by atoms with Crippen LogP contribution in [-0.4, -0.2) is 19.5 Å². The topological polar surface area (TPSA) is 18.5 Å². The van der Waals surface area contributed by atoms with Gasteiger partial charge in [-0.1, -0.05) is 28.9 Å². The zero-order valence-corrected chi connectivity index (χ0v) is 12.2. The summed E-state index contributed by atoms with van der Waals surface area (Å²) in [5.41, 5.74) is 1.79. The molecule has 1 aliphatic rings. The number of benzene rings is 1. The quantitative estimate of drug-likeness (QED) is 0.772. The second-order valence-electron chi connectivity index (χ2n) is 5.08. The Morgan fingerprint density at radius 1 is 1.29 bits per heavy atom. The molecule has 2 unspecified atom stereocenters. The second-order valence-corrected chi connectivity index (χ2v) is 5.72. The van der Waals surface area contributed by atoms with E-state index in [0.717, 1.165) is 29.2 Å². The molecule has 0 spiro atoms. The van der Waals surface area contributed by atoms with E-state index in [1.54, 1.807) is 14.2 Å². The molecular formula is C14H19BrO2. The molecule has 2 rings (SSSR count). The van der Waals surface area contributed by atoms with Crippen molar-refractivity contribution in [3.8, 4) is 11.5 Å². The van der Waals surface area contributed by atoms with Gasteiger partial charge in [0.15, 0.2) is 11.5 Å². The van der Waals surface area contributed by atoms with Crippen LogP contribution in [0.3, 0.4) is 0 Å². The molecule has 0 saturated heterocycles. The lowest BCUT2D eigenvalue weighted by atomic mass is 9.96. The summed E-state index contributed by atoms with van der Waals surface area (Å²) in [4.78, 5) is 0. The summed E-state index contributed by atoms with van der Waals surface area (Å²) in [6.07, 6.45) is 2.43. The van der Waals surface area contributed by atoms with Crippen LogP contribution in [0.1, 0.15) is 18.9 Å². The summed E-state index contributed by atoms with van der Waals surface area (Å²) in [5.74, 6) is 2.44. The Morgan fingerprint density at radius 2 is 2.00 bits per heavy atom. The third-order valence-electron chi connectivity index (χ3n) is 3.78. The van der Waals surface area contributed by atoms with Crippen LogP contribution in [0.2, 0.25) is 0 Å². The third kappa shape index (κ3) is 2.59. The minimum Gasteiger partial charge on any atom is -0.493 e. The number of methoxy groups -OCH3 is 2. The van der Waals surface area contributed by atoms with E-state index in [0.29, 0.717) is 5.41 Å². The van der Waals surface area contributed by atoms with Crippen molar-refractivity contribution in [2.45, 2.75) is 19.8 Å². The molecule has 1 aromatic rings. The molecule has 0 heterocycles. The lowest BCUT2D eigenvalue weighted by Gasteiger charge is -2.13. The number of hydrogen-bond donors (Lipinski definition) is 0. The van der Waals surface area contributed by atoms with Crippen LogP contribution in [0.15, 0.2) is 18.2 Å². The van der Waals surface area contributed by atoms with Crippen LogP contribution in [0.4, 0.5) is 0 Å². The lowest BCUT2D eigenvalue weighted by molar-refractivity contribution is 0.354. The van der Waals surface area contributed by atoms with Gasteiger partial charge in [-0.15, -0.1) is 0 Å². The molecule has 94 valence electrons.